The average molecular weight is 382 g/mol. The molecule has 0 bridgehead atoms. The summed E-state index contributed by atoms with van der Waals surface area (Å²) in [5.74, 6) is -3.69. The molecule has 3 aromatic rings. The van der Waals surface area contributed by atoms with Crippen LogP contribution in [0.15, 0.2) is 39.5 Å². The summed E-state index contributed by atoms with van der Waals surface area (Å²) in [6.07, 6.45) is 0. The Morgan fingerprint density at radius 3 is 2.27 bits per heavy atom. The van der Waals surface area contributed by atoms with Gasteiger partial charge in [0.15, 0.2) is 16.9 Å². The van der Waals surface area contributed by atoms with Crippen LogP contribution in [-0.4, -0.2) is 33.4 Å². The van der Waals surface area contributed by atoms with Crippen LogP contribution in [0.4, 0.5) is 0 Å². The van der Waals surface area contributed by atoms with Crippen LogP contribution in [0.3, 0.4) is 0 Å². The molecule has 0 aliphatic rings. The quantitative estimate of drug-likeness (QED) is 0.329. The summed E-state index contributed by atoms with van der Waals surface area (Å²) >= 11 is 0. The molecule has 0 aliphatic heterocycles. The third kappa shape index (κ3) is 3.20. The van der Waals surface area contributed by atoms with Gasteiger partial charge in [-0.25, -0.2) is 0 Å². The minimum Gasteiger partial charge on any atom is -0.508 e. The molecular weight excluding hydrogens is 372 g/mol. The Bertz CT molecular complexity index is 1190. The monoisotopic (exact) mass is 382 g/mol. The molecule has 3 rings (SSSR count). The Labute approximate surface area is 144 Å². The van der Waals surface area contributed by atoms with Crippen LogP contribution >= 0.6 is 0 Å². The van der Waals surface area contributed by atoms with Crippen LogP contribution in [-0.2, 0) is 10.4 Å². The first kappa shape index (κ1) is 17.4. The molecule has 2 aromatic carbocycles. The number of aromatic hydroxyl groups is 4. The van der Waals surface area contributed by atoms with Crippen molar-refractivity contribution in [3.8, 4) is 40.1 Å². The van der Waals surface area contributed by atoms with E-state index in [9.17, 15) is 33.6 Å². The van der Waals surface area contributed by atoms with Crippen LogP contribution in [0, 0.1) is 0 Å². The van der Waals surface area contributed by atoms with Crippen molar-refractivity contribution >= 4 is 21.4 Å². The Morgan fingerprint density at radius 2 is 1.62 bits per heavy atom. The number of hydrogen-bond donors (Lipinski definition) is 5. The molecule has 0 spiro atoms. The van der Waals surface area contributed by atoms with E-state index in [1.807, 2.05) is 0 Å². The number of fused-ring (bicyclic) bond motifs is 1. The molecular formula is C15H10O10S. The van der Waals surface area contributed by atoms with Gasteiger partial charge in [-0.2, -0.15) is 8.42 Å². The van der Waals surface area contributed by atoms with Crippen molar-refractivity contribution in [2.45, 2.75) is 0 Å². The fraction of sp³-hybridized carbons (Fsp3) is 0. The third-order valence-corrected chi connectivity index (χ3v) is 3.72. The average Bonchev–Trinajstić information content (AvgIpc) is 2.49. The van der Waals surface area contributed by atoms with E-state index in [1.54, 1.807) is 0 Å². The molecule has 0 fully saturated rings. The Kier molecular flexibility index (Phi) is 3.89. The lowest BCUT2D eigenvalue weighted by Gasteiger charge is -2.09. The minimum atomic E-state index is -5.00. The summed E-state index contributed by atoms with van der Waals surface area (Å²) in [6.45, 7) is 0. The van der Waals surface area contributed by atoms with Crippen molar-refractivity contribution in [3.05, 3.63) is 40.6 Å². The van der Waals surface area contributed by atoms with Crippen molar-refractivity contribution in [1.82, 2.24) is 0 Å². The van der Waals surface area contributed by atoms with E-state index in [0.29, 0.717) is 0 Å². The molecule has 0 saturated carbocycles. The summed E-state index contributed by atoms with van der Waals surface area (Å²) in [5, 5.41) is 38.4. The Hall–Kier alpha value is -3.44. The summed E-state index contributed by atoms with van der Waals surface area (Å²) in [4.78, 5) is 12.2. The first-order valence-corrected chi connectivity index (χ1v) is 8.15. The van der Waals surface area contributed by atoms with Gasteiger partial charge < -0.3 is 29.0 Å². The number of hydrogen-bond acceptors (Lipinski definition) is 9. The van der Waals surface area contributed by atoms with Crippen molar-refractivity contribution in [2.75, 3.05) is 0 Å². The third-order valence-electron chi connectivity index (χ3n) is 3.33. The van der Waals surface area contributed by atoms with Gasteiger partial charge >= 0.3 is 10.4 Å². The van der Waals surface area contributed by atoms with Crippen molar-refractivity contribution in [1.29, 1.82) is 0 Å². The zero-order chi connectivity index (χ0) is 19.2. The number of phenolic OH excluding ortho intramolecular Hbond substituents is 4. The van der Waals surface area contributed by atoms with Gasteiger partial charge in [0, 0.05) is 23.8 Å². The molecule has 1 aromatic heterocycles. The molecule has 0 aliphatic carbocycles. The molecule has 10 nitrogen and oxygen atoms in total. The second-order valence-electron chi connectivity index (χ2n) is 5.17. The first-order chi connectivity index (χ1) is 12.0. The predicted molar refractivity (Wildman–Crippen MR) is 86.8 cm³/mol. The summed E-state index contributed by atoms with van der Waals surface area (Å²) in [5.41, 5.74) is -0.973. The van der Waals surface area contributed by atoms with Gasteiger partial charge in [-0.15, -0.1) is 0 Å². The van der Waals surface area contributed by atoms with Crippen LogP contribution in [0.5, 0.6) is 28.7 Å². The number of phenols is 4. The maximum atomic E-state index is 12.2. The molecule has 0 amide bonds. The molecule has 136 valence electrons. The van der Waals surface area contributed by atoms with Gasteiger partial charge in [-0.05, 0) is 12.1 Å². The van der Waals surface area contributed by atoms with E-state index in [1.165, 1.54) is 0 Å². The summed E-state index contributed by atoms with van der Waals surface area (Å²) in [6, 6.07) is 4.77. The van der Waals surface area contributed by atoms with Gasteiger partial charge in [0.1, 0.15) is 28.2 Å². The summed E-state index contributed by atoms with van der Waals surface area (Å²) < 4.78 is 39.9. The predicted octanol–water partition coefficient (Wildman–Crippen LogP) is 1.46. The molecule has 1 heterocycles. The Morgan fingerprint density at radius 1 is 0.923 bits per heavy atom. The van der Waals surface area contributed by atoms with Crippen LogP contribution < -0.4 is 9.61 Å². The number of rotatable bonds is 3. The van der Waals surface area contributed by atoms with Crippen molar-refractivity contribution in [2.24, 2.45) is 0 Å². The van der Waals surface area contributed by atoms with Gasteiger partial charge in [0.2, 0.25) is 5.75 Å². The van der Waals surface area contributed by atoms with Gasteiger partial charge in [0.25, 0.3) is 0 Å². The standard InChI is InChI=1S/C15H10O10S/c16-7-3-8(17)14-9(18)5-11(24-12(14)4-7)6-1-10(19)15(20)13(2-6)25-26(21,22)23/h1-5,16-17,19-20H,(H,21,22,23). The number of benzene rings is 2. The molecule has 26 heavy (non-hydrogen) atoms. The Balaban J connectivity index is 2.25. The maximum Gasteiger partial charge on any atom is 0.446 e. The fourth-order valence-electron chi connectivity index (χ4n) is 2.31. The highest BCUT2D eigenvalue weighted by molar-refractivity contribution is 7.81. The molecule has 0 saturated heterocycles. The van der Waals surface area contributed by atoms with E-state index in [2.05, 4.69) is 4.18 Å². The summed E-state index contributed by atoms with van der Waals surface area (Å²) in [7, 11) is -5.00. The lowest BCUT2D eigenvalue weighted by molar-refractivity contribution is 0.357. The van der Waals surface area contributed by atoms with E-state index in [-0.39, 0.29) is 28.0 Å². The van der Waals surface area contributed by atoms with E-state index in [4.69, 9.17) is 8.97 Å². The fourth-order valence-corrected chi connectivity index (χ4v) is 2.66. The molecule has 0 unspecified atom stereocenters. The van der Waals surface area contributed by atoms with E-state index >= 15 is 0 Å². The van der Waals surface area contributed by atoms with Crippen LogP contribution in [0.2, 0.25) is 0 Å². The zero-order valence-corrected chi connectivity index (χ0v) is 13.4. The highest BCUT2D eigenvalue weighted by Gasteiger charge is 2.19. The molecule has 5 N–H and O–H groups in total. The van der Waals surface area contributed by atoms with Crippen molar-refractivity contribution < 1.29 is 42.0 Å². The van der Waals surface area contributed by atoms with Gasteiger partial charge in [0.05, 0.1) is 0 Å². The van der Waals surface area contributed by atoms with Crippen molar-refractivity contribution in [3.63, 3.8) is 0 Å². The normalized spacial score (nSPS) is 11.6. The second-order valence-corrected chi connectivity index (χ2v) is 6.19. The lowest BCUT2D eigenvalue weighted by Crippen LogP contribution is -2.07. The highest BCUT2D eigenvalue weighted by atomic mass is 32.3. The van der Waals surface area contributed by atoms with Gasteiger partial charge in [-0.3, -0.25) is 9.35 Å². The molecule has 0 atom stereocenters. The largest absolute Gasteiger partial charge is 0.508 e. The van der Waals surface area contributed by atoms with E-state index < -0.39 is 38.8 Å². The lowest BCUT2D eigenvalue weighted by atomic mass is 10.1. The zero-order valence-electron chi connectivity index (χ0n) is 12.6. The first-order valence-electron chi connectivity index (χ1n) is 6.78. The van der Waals surface area contributed by atoms with Gasteiger partial charge in [-0.1, -0.05) is 0 Å². The molecule has 0 radical (unpaired) electrons. The highest BCUT2D eigenvalue weighted by Crippen LogP contribution is 2.41. The molecule has 11 heteroatoms. The van der Waals surface area contributed by atoms with Crippen LogP contribution in [0.25, 0.3) is 22.3 Å². The van der Waals surface area contributed by atoms with Crippen LogP contribution in [0.1, 0.15) is 0 Å². The smallest absolute Gasteiger partial charge is 0.446 e. The SMILES string of the molecule is O=c1cc(-c2cc(O)c(O)c(OS(=O)(=O)O)c2)oc2cc(O)cc(O)c12. The minimum absolute atomic E-state index is 0.0965. The maximum absolute atomic E-state index is 12.2. The second kappa shape index (κ2) is 5.82. The topological polar surface area (TPSA) is 175 Å². The van der Waals surface area contributed by atoms with E-state index in [0.717, 1.165) is 30.3 Å².